The van der Waals surface area contributed by atoms with Crippen LogP contribution in [0.3, 0.4) is 0 Å². The van der Waals surface area contributed by atoms with Crippen LogP contribution in [0, 0.1) is 0 Å². The lowest BCUT2D eigenvalue weighted by atomic mass is 9.86. The molecule has 0 unspecified atom stereocenters. The zero-order chi connectivity index (χ0) is 28.1. The first-order valence-corrected chi connectivity index (χ1v) is 14.8. The van der Waals surface area contributed by atoms with Crippen molar-refractivity contribution in [3.63, 3.8) is 0 Å². The van der Waals surface area contributed by atoms with E-state index in [0.717, 1.165) is 21.9 Å². The van der Waals surface area contributed by atoms with E-state index in [4.69, 9.17) is 4.42 Å². The summed E-state index contributed by atoms with van der Waals surface area (Å²) in [6.45, 7) is 0. The zero-order valence-corrected chi connectivity index (χ0v) is 23.3. The minimum absolute atomic E-state index is 0.921. The maximum absolute atomic E-state index is 6.30. The van der Waals surface area contributed by atoms with Crippen LogP contribution in [0.4, 0.5) is 0 Å². The van der Waals surface area contributed by atoms with Crippen molar-refractivity contribution in [2.75, 3.05) is 0 Å². The smallest absolute Gasteiger partial charge is 0.136 e. The van der Waals surface area contributed by atoms with Crippen LogP contribution in [0.1, 0.15) is 0 Å². The van der Waals surface area contributed by atoms with E-state index in [9.17, 15) is 0 Å². The van der Waals surface area contributed by atoms with E-state index < -0.39 is 0 Å². The molecule has 0 atom stereocenters. The van der Waals surface area contributed by atoms with Crippen LogP contribution in [0.25, 0.3) is 97.7 Å². The van der Waals surface area contributed by atoms with Crippen molar-refractivity contribution in [1.29, 1.82) is 0 Å². The van der Waals surface area contributed by atoms with Crippen molar-refractivity contribution in [3.8, 4) is 11.1 Å². The Morgan fingerprint density at radius 2 is 0.721 bits per heavy atom. The predicted molar refractivity (Wildman–Crippen MR) is 184 cm³/mol. The molecule has 0 spiro atoms. The van der Waals surface area contributed by atoms with Gasteiger partial charge in [-0.1, -0.05) is 115 Å². The molecule has 198 valence electrons. The maximum Gasteiger partial charge on any atom is 0.136 e. The van der Waals surface area contributed by atoms with Crippen LogP contribution in [0.15, 0.2) is 150 Å². The summed E-state index contributed by atoms with van der Waals surface area (Å²) in [6, 6.07) is 53.2. The van der Waals surface area contributed by atoms with Gasteiger partial charge in [0.1, 0.15) is 11.2 Å². The zero-order valence-electron chi connectivity index (χ0n) is 23.3. The fourth-order valence-electron chi connectivity index (χ4n) is 7.44. The summed E-state index contributed by atoms with van der Waals surface area (Å²) >= 11 is 0. The Morgan fingerprint density at radius 1 is 0.279 bits per heavy atom. The molecule has 0 aliphatic heterocycles. The standard InChI is InChI=1S/C42H24O/c1-2-10-26-24-40-38(22-25(26)9-1)37-23-28(18-20-39(37)43-40)27-17-19-35-36(21-27)31-13-5-8-16-34(31)41-32-14-6-3-11-29(32)30-12-4-7-15-33(30)42(35)41/h1-24H. The second-order valence-electron chi connectivity index (χ2n) is 11.7. The summed E-state index contributed by atoms with van der Waals surface area (Å²) < 4.78 is 6.30. The lowest BCUT2D eigenvalue weighted by Crippen LogP contribution is -1.89. The van der Waals surface area contributed by atoms with Crippen molar-refractivity contribution >= 4 is 86.6 Å². The van der Waals surface area contributed by atoms with E-state index >= 15 is 0 Å². The first kappa shape index (κ1) is 23.0. The number of hydrogen-bond acceptors (Lipinski definition) is 1. The molecule has 0 N–H and O–H groups in total. The molecule has 1 nitrogen and oxygen atoms in total. The van der Waals surface area contributed by atoms with Gasteiger partial charge in [0.2, 0.25) is 0 Å². The molecule has 0 aliphatic carbocycles. The minimum Gasteiger partial charge on any atom is -0.456 e. The molecular weight excluding hydrogens is 520 g/mol. The van der Waals surface area contributed by atoms with Gasteiger partial charge in [0.05, 0.1) is 0 Å². The summed E-state index contributed by atoms with van der Waals surface area (Å²) in [6.07, 6.45) is 0. The molecule has 1 aromatic heterocycles. The monoisotopic (exact) mass is 544 g/mol. The van der Waals surface area contributed by atoms with Crippen LogP contribution in [0.2, 0.25) is 0 Å². The molecule has 43 heavy (non-hydrogen) atoms. The Bertz CT molecular complexity index is 2780. The molecule has 1 heteroatoms. The third kappa shape index (κ3) is 3.17. The average Bonchev–Trinajstić information content (AvgIpc) is 3.43. The summed E-state index contributed by atoms with van der Waals surface area (Å²) in [4.78, 5) is 0. The van der Waals surface area contributed by atoms with Crippen molar-refractivity contribution in [3.05, 3.63) is 146 Å². The summed E-state index contributed by atoms with van der Waals surface area (Å²) in [7, 11) is 0. The van der Waals surface area contributed by atoms with Gasteiger partial charge >= 0.3 is 0 Å². The van der Waals surface area contributed by atoms with Gasteiger partial charge in [-0.2, -0.15) is 0 Å². The quantitative estimate of drug-likeness (QED) is 0.187. The van der Waals surface area contributed by atoms with Crippen LogP contribution in [0.5, 0.6) is 0 Å². The Hall–Kier alpha value is -5.66. The van der Waals surface area contributed by atoms with Gasteiger partial charge in [-0.05, 0) is 106 Å². The first-order chi connectivity index (χ1) is 21.3. The molecule has 0 radical (unpaired) electrons. The van der Waals surface area contributed by atoms with Gasteiger partial charge in [-0.3, -0.25) is 0 Å². The Kier molecular flexibility index (Phi) is 4.51. The second kappa shape index (κ2) is 8.44. The summed E-state index contributed by atoms with van der Waals surface area (Å²) in [5.41, 5.74) is 4.25. The number of hydrogen-bond donors (Lipinski definition) is 0. The van der Waals surface area contributed by atoms with Gasteiger partial charge in [0.25, 0.3) is 0 Å². The summed E-state index contributed by atoms with van der Waals surface area (Å²) in [5.74, 6) is 0. The maximum atomic E-state index is 6.30. The topological polar surface area (TPSA) is 13.1 Å². The van der Waals surface area contributed by atoms with Crippen molar-refractivity contribution in [1.82, 2.24) is 0 Å². The van der Waals surface area contributed by atoms with Gasteiger partial charge in [-0.15, -0.1) is 0 Å². The highest BCUT2D eigenvalue weighted by Crippen LogP contribution is 2.45. The fourth-order valence-corrected chi connectivity index (χ4v) is 7.44. The highest BCUT2D eigenvalue weighted by molar-refractivity contribution is 6.39. The van der Waals surface area contributed by atoms with E-state index in [-0.39, 0.29) is 0 Å². The number of fused-ring (bicyclic) bond motifs is 15. The molecular formula is C42H24O. The van der Waals surface area contributed by atoms with Gasteiger partial charge in [0, 0.05) is 10.8 Å². The van der Waals surface area contributed by atoms with Gasteiger partial charge < -0.3 is 4.42 Å². The number of furan rings is 1. The number of rotatable bonds is 1. The Balaban J connectivity index is 1.30. The Morgan fingerprint density at radius 3 is 1.35 bits per heavy atom. The SMILES string of the molecule is c1ccc2cc3c(cc2c1)oc1ccc(-c2ccc4c(c2)c2ccccc2c2c5ccccc5c5ccccc5c42)cc13. The molecule has 0 saturated heterocycles. The molecule has 1 heterocycles. The molecule has 0 aliphatic rings. The molecule has 0 bridgehead atoms. The van der Waals surface area contributed by atoms with Crippen molar-refractivity contribution in [2.45, 2.75) is 0 Å². The fraction of sp³-hybridized carbons (Fsp3) is 0. The summed E-state index contributed by atoms with van der Waals surface area (Å²) in [5, 5.41) is 17.8. The predicted octanol–water partition coefficient (Wildman–Crippen LogP) is 12.2. The van der Waals surface area contributed by atoms with Crippen LogP contribution in [-0.2, 0) is 0 Å². The van der Waals surface area contributed by atoms with Crippen molar-refractivity contribution < 1.29 is 4.42 Å². The van der Waals surface area contributed by atoms with Crippen LogP contribution < -0.4 is 0 Å². The molecule has 10 rings (SSSR count). The Labute approximate surface area is 247 Å². The molecule has 0 saturated carbocycles. The second-order valence-corrected chi connectivity index (χ2v) is 11.7. The lowest BCUT2D eigenvalue weighted by Gasteiger charge is -2.17. The minimum atomic E-state index is 0.921. The molecule has 10 aromatic rings. The third-order valence-electron chi connectivity index (χ3n) is 9.38. The highest BCUT2D eigenvalue weighted by atomic mass is 16.3. The van der Waals surface area contributed by atoms with E-state index in [0.29, 0.717) is 0 Å². The molecule has 0 fully saturated rings. The van der Waals surface area contributed by atoms with Crippen molar-refractivity contribution in [2.24, 2.45) is 0 Å². The van der Waals surface area contributed by atoms with Crippen LogP contribution >= 0.6 is 0 Å². The van der Waals surface area contributed by atoms with Crippen LogP contribution in [-0.4, -0.2) is 0 Å². The van der Waals surface area contributed by atoms with Gasteiger partial charge in [-0.25, -0.2) is 0 Å². The van der Waals surface area contributed by atoms with E-state index in [2.05, 4.69) is 146 Å². The molecule has 0 amide bonds. The highest BCUT2D eigenvalue weighted by Gasteiger charge is 2.17. The first-order valence-electron chi connectivity index (χ1n) is 14.8. The third-order valence-corrected chi connectivity index (χ3v) is 9.38. The van der Waals surface area contributed by atoms with E-state index in [1.54, 1.807) is 0 Å². The molecule has 9 aromatic carbocycles. The number of benzene rings is 9. The largest absolute Gasteiger partial charge is 0.456 e. The van der Waals surface area contributed by atoms with E-state index in [1.807, 2.05) is 0 Å². The normalized spacial score (nSPS) is 12.2. The van der Waals surface area contributed by atoms with E-state index in [1.165, 1.54) is 75.8 Å². The average molecular weight is 545 g/mol. The lowest BCUT2D eigenvalue weighted by molar-refractivity contribution is 0.669. The van der Waals surface area contributed by atoms with Gasteiger partial charge in [0.15, 0.2) is 0 Å².